The van der Waals surface area contributed by atoms with Crippen LogP contribution >= 0.6 is 0 Å². The van der Waals surface area contributed by atoms with Crippen LogP contribution in [0.5, 0.6) is 0 Å². The van der Waals surface area contributed by atoms with Gasteiger partial charge in [-0.1, -0.05) is 32.0 Å². The second-order valence-corrected chi connectivity index (χ2v) is 5.30. The molecule has 0 aliphatic heterocycles. The number of carbonyl (C=O) groups excluding carboxylic acids is 1. The monoisotopic (exact) mass is 268 g/mol. The van der Waals surface area contributed by atoms with Crippen LogP contribution in [0.4, 0.5) is 11.4 Å². The summed E-state index contributed by atoms with van der Waals surface area (Å²) in [5.41, 5.74) is 10.1. The van der Waals surface area contributed by atoms with Crippen molar-refractivity contribution in [2.24, 2.45) is 0 Å². The molecule has 104 valence electrons. The number of carbonyl (C=O) groups is 1. The summed E-state index contributed by atoms with van der Waals surface area (Å²) in [6.45, 7) is 6.19. The molecule has 0 radical (unpaired) electrons. The Bertz CT molecular complexity index is 615. The Morgan fingerprint density at radius 1 is 1.10 bits per heavy atom. The van der Waals surface area contributed by atoms with E-state index in [2.05, 4.69) is 19.2 Å². The molecule has 3 nitrogen and oxygen atoms in total. The Morgan fingerprint density at radius 3 is 2.30 bits per heavy atom. The molecule has 2 aromatic rings. The molecule has 0 saturated heterocycles. The highest BCUT2D eigenvalue weighted by atomic mass is 16.1. The van der Waals surface area contributed by atoms with Crippen LogP contribution in [0.1, 0.15) is 41.3 Å². The van der Waals surface area contributed by atoms with Gasteiger partial charge < -0.3 is 11.1 Å². The number of hydrogen-bond acceptors (Lipinski definition) is 2. The maximum Gasteiger partial charge on any atom is 0.255 e. The van der Waals surface area contributed by atoms with E-state index >= 15 is 0 Å². The highest BCUT2D eigenvalue weighted by molar-refractivity contribution is 6.04. The van der Waals surface area contributed by atoms with Crippen molar-refractivity contribution in [1.82, 2.24) is 0 Å². The third-order valence-electron chi connectivity index (χ3n) is 3.38. The summed E-state index contributed by atoms with van der Waals surface area (Å²) in [6, 6.07) is 13.2. The molecule has 0 aliphatic carbocycles. The van der Waals surface area contributed by atoms with E-state index in [-0.39, 0.29) is 5.91 Å². The van der Waals surface area contributed by atoms with E-state index in [1.807, 2.05) is 43.3 Å². The Morgan fingerprint density at radius 2 is 1.75 bits per heavy atom. The summed E-state index contributed by atoms with van der Waals surface area (Å²) >= 11 is 0. The molecule has 0 bridgehead atoms. The summed E-state index contributed by atoms with van der Waals surface area (Å²) < 4.78 is 0. The van der Waals surface area contributed by atoms with Crippen molar-refractivity contribution >= 4 is 17.3 Å². The third-order valence-corrected chi connectivity index (χ3v) is 3.38. The van der Waals surface area contributed by atoms with E-state index in [0.29, 0.717) is 22.9 Å². The van der Waals surface area contributed by atoms with E-state index in [1.165, 1.54) is 5.56 Å². The topological polar surface area (TPSA) is 55.1 Å². The maximum absolute atomic E-state index is 12.1. The quantitative estimate of drug-likeness (QED) is 0.828. The summed E-state index contributed by atoms with van der Waals surface area (Å²) in [4.78, 5) is 12.1. The van der Waals surface area contributed by atoms with Crippen LogP contribution in [-0.4, -0.2) is 5.91 Å². The molecule has 20 heavy (non-hydrogen) atoms. The summed E-state index contributed by atoms with van der Waals surface area (Å²) in [7, 11) is 0. The number of nitrogen functional groups attached to an aromatic ring is 1. The van der Waals surface area contributed by atoms with Crippen molar-refractivity contribution in [3.05, 3.63) is 59.2 Å². The minimum Gasteiger partial charge on any atom is -0.398 e. The lowest BCUT2D eigenvalue weighted by Gasteiger charge is -2.09. The number of aryl methyl sites for hydroxylation is 1. The van der Waals surface area contributed by atoms with Crippen LogP contribution in [-0.2, 0) is 0 Å². The summed E-state index contributed by atoms with van der Waals surface area (Å²) in [5.74, 6) is 0.340. The molecule has 1 amide bonds. The Labute approximate surface area is 119 Å². The predicted octanol–water partition coefficient (Wildman–Crippen LogP) is 3.95. The van der Waals surface area contributed by atoms with E-state index in [1.54, 1.807) is 6.07 Å². The van der Waals surface area contributed by atoms with Crippen molar-refractivity contribution in [1.29, 1.82) is 0 Å². The SMILES string of the molecule is Cc1ccc(NC(=O)c2ccc(C(C)C)cc2)cc1N. The smallest absolute Gasteiger partial charge is 0.255 e. The third kappa shape index (κ3) is 3.18. The fraction of sp³-hybridized carbons (Fsp3) is 0.235. The number of rotatable bonds is 3. The standard InChI is InChI=1S/C17H20N2O/c1-11(2)13-5-7-14(8-6-13)17(20)19-15-9-4-12(3)16(18)10-15/h4-11H,18H2,1-3H3,(H,19,20). The van der Waals surface area contributed by atoms with Crippen LogP contribution in [0, 0.1) is 6.92 Å². The molecule has 3 heteroatoms. The first-order chi connectivity index (χ1) is 9.47. The maximum atomic E-state index is 12.1. The van der Waals surface area contributed by atoms with Gasteiger partial charge in [-0.3, -0.25) is 4.79 Å². The van der Waals surface area contributed by atoms with E-state index in [0.717, 1.165) is 5.56 Å². The zero-order valence-corrected chi connectivity index (χ0v) is 12.1. The van der Waals surface area contributed by atoms with Gasteiger partial charge in [0.15, 0.2) is 0 Å². The van der Waals surface area contributed by atoms with E-state index in [4.69, 9.17) is 5.73 Å². The fourth-order valence-electron chi connectivity index (χ4n) is 1.94. The lowest BCUT2D eigenvalue weighted by Crippen LogP contribution is -2.12. The summed E-state index contributed by atoms with van der Waals surface area (Å²) in [5, 5.41) is 2.86. The van der Waals surface area contributed by atoms with Gasteiger partial charge >= 0.3 is 0 Å². The van der Waals surface area contributed by atoms with E-state index < -0.39 is 0 Å². The molecule has 0 unspecified atom stereocenters. The van der Waals surface area contributed by atoms with Crippen molar-refractivity contribution in [2.45, 2.75) is 26.7 Å². The van der Waals surface area contributed by atoms with Gasteiger partial charge in [0.2, 0.25) is 0 Å². The van der Waals surface area contributed by atoms with Crippen LogP contribution in [0.3, 0.4) is 0 Å². The molecule has 0 spiro atoms. The van der Waals surface area contributed by atoms with Crippen LogP contribution in [0.15, 0.2) is 42.5 Å². The van der Waals surface area contributed by atoms with Gasteiger partial charge in [0, 0.05) is 16.9 Å². The number of benzene rings is 2. The van der Waals surface area contributed by atoms with Gasteiger partial charge in [-0.15, -0.1) is 0 Å². The van der Waals surface area contributed by atoms with Gasteiger partial charge in [-0.05, 0) is 48.2 Å². The normalized spacial score (nSPS) is 10.6. The highest BCUT2D eigenvalue weighted by Crippen LogP contribution is 2.19. The first-order valence-corrected chi connectivity index (χ1v) is 6.75. The number of amides is 1. The van der Waals surface area contributed by atoms with Crippen LogP contribution in [0.2, 0.25) is 0 Å². The molecule has 2 aromatic carbocycles. The van der Waals surface area contributed by atoms with Crippen molar-refractivity contribution in [2.75, 3.05) is 11.1 Å². The molecular formula is C17H20N2O. The number of nitrogens with one attached hydrogen (secondary N) is 1. The molecule has 3 N–H and O–H groups in total. The lowest BCUT2D eigenvalue weighted by atomic mass is 10.0. The zero-order chi connectivity index (χ0) is 14.7. The predicted molar refractivity (Wildman–Crippen MR) is 84.1 cm³/mol. The second kappa shape index (κ2) is 5.78. The molecule has 0 fully saturated rings. The second-order valence-electron chi connectivity index (χ2n) is 5.30. The van der Waals surface area contributed by atoms with Crippen LogP contribution in [0.25, 0.3) is 0 Å². The number of nitrogens with two attached hydrogens (primary N) is 1. The molecule has 0 atom stereocenters. The Kier molecular flexibility index (Phi) is 4.08. The van der Waals surface area contributed by atoms with E-state index in [9.17, 15) is 4.79 Å². The first kappa shape index (κ1) is 14.1. The first-order valence-electron chi connectivity index (χ1n) is 6.75. The number of hydrogen-bond donors (Lipinski definition) is 2. The van der Waals surface area contributed by atoms with Crippen LogP contribution < -0.4 is 11.1 Å². The molecule has 0 heterocycles. The minimum absolute atomic E-state index is 0.122. The molecule has 2 rings (SSSR count). The molecular weight excluding hydrogens is 248 g/mol. The number of anilines is 2. The van der Waals surface area contributed by atoms with Gasteiger partial charge in [0.05, 0.1) is 0 Å². The summed E-state index contributed by atoms with van der Waals surface area (Å²) in [6.07, 6.45) is 0. The Hall–Kier alpha value is -2.29. The van der Waals surface area contributed by atoms with Crippen molar-refractivity contribution in [3.8, 4) is 0 Å². The van der Waals surface area contributed by atoms with Crippen molar-refractivity contribution in [3.63, 3.8) is 0 Å². The zero-order valence-electron chi connectivity index (χ0n) is 12.1. The molecule has 0 aliphatic rings. The van der Waals surface area contributed by atoms with Gasteiger partial charge in [0.1, 0.15) is 0 Å². The molecule has 0 saturated carbocycles. The highest BCUT2D eigenvalue weighted by Gasteiger charge is 2.07. The lowest BCUT2D eigenvalue weighted by molar-refractivity contribution is 0.102. The van der Waals surface area contributed by atoms with Gasteiger partial charge in [-0.25, -0.2) is 0 Å². The van der Waals surface area contributed by atoms with Gasteiger partial charge in [-0.2, -0.15) is 0 Å². The van der Waals surface area contributed by atoms with Crippen molar-refractivity contribution < 1.29 is 4.79 Å². The largest absolute Gasteiger partial charge is 0.398 e. The fourth-order valence-corrected chi connectivity index (χ4v) is 1.94. The average molecular weight is 268 g/mol. The average Bonchev–Trinajstić information content (AvgIpc) is 2.43. The van der Waals surface area contributed by atoms with Gasteiger partial charge in [0.25, 0.3) is 5.91 Å². The molecule has 0 aromatic heterocycles. The minimum atomic E-state index is -0.122. The Balaban J connectivity index is 2.13.